The van der Waals surface area contributed by atoms with Gasteiger partial charge in [0.05, 0.1) is 18.9 Å². The lowest BCUT2D eigenvalue weighted by Crippen LogP contribution is -2.20. The van der Waals surface area contributed by atoms with Gasteiger partial charge in [0.25, 0.3) is 0 Å². The highest BCUT2D eigenvalue weighted by molar-refractivity contribution is 7.94. The van der Waals surface area contributed by atoms with Crippen molar-refractivity contribution < 1.29 is 17.9 Å². The van der Waals surface area contributed by atoms with E-state index in [4.69, 9.17) is 11.6 Å². The van der Waals surface area contributed by atoms with Gasteiger partial charge in [0, 0.05) is 5.41 Å². The molecule has 1 aromatic heterocycles. The molecule has 1 aromatic rings. The number of methoxy groups -OCH3 is 1. The number of halogens is 1. The molecule has 0 saturated heterocycles. The van der Waals surface area contributed by atoms with Crippen LogP contribution in [0.2, 0.25) is 5.15 Å². The first-order chi connectivity index (χ1) is 8.41. The number of nitrogens with zero attached hydrogens (tertiary/aromatic N) is 1. The van der Waals surface area contributed by atoms with Crippen LogP contribution < -0.4 is 5.32 Å². The molecule has 98 valence electrons. The van der Waals surface area contributed by atoms with E-state index in [0.717, 1.165) is 16.7 Å². The van der Waals surface area contributed by atoms with Gasteiger partial charge in [0.15, 0.2) is 25.0 Å². The molecule has 0 saturated carbocycles. The van der Waals surface area contributed by atoms with Crippen LogP contribution in [0.5, 0.6) is 0 Å². The quantitative estimate of drug-likeness (QED) is 0.847. The van der Waals surface area contributed by atoms with Crippen LogP contribution in [0.15, 0.2) is 11.5 Å². The van der Waals surface area contributed by atoms with E-state index in [2.05, 4.69) is 15.0 Å². The van der Waals surface area contributed by atoms with E-state index in [0.29, 0.717) is 5.13 Å². The lowest BCUT2D eigenvalue weighted by Gasteiger charge is -2.06. The first kappa shape index (κ1) is 13.3. The largest absolute Gasteiger partial charge is 0.465 e. The number of rotatable bonds is 3. The van der Waals surface area contributed by atoms with Gasteiger partial charge >= 0.3 is 5.97 Å². The van der Waals surface area contributed by atoms with Crippen LogP contribution in [-0.4, -0.2) is 38.3 Å². The van der Waals surface area contributed by atoms with Gasteiger partial charge in [0.1, 0.15) is 0 Å². The Morgan fingerprint density at radius 3 is 2.94 bits per heavy atom. The van der Waals surface area contributed by atoms with Crippen LogP contribution in [0.25, 0.3) is 0 Å². The van der Waals surface area contributed by atoms with Gasteiger partial charge in [-0.15, -0.1) is 0 Å². The third-order valence-corrected chi connectivity index (χ3v) is 4.94. The van der Waals surface area contributed by atoms with Crippen molar-refractivity contribution in [2.75, 3.05) is 18.2 Å². The van der Waals surface area contributed by atoms with Crippen LogP contribution in [0.1, 0.15) is 9.67 Å². The van der Waals surface area contributed by atoms with Crippen molar-refractivity contribution in [2.24, 2.45) is 0 Å². The second-order valence-electron chi connectivity index (χ2n) is 3.54. The van der Waals surface area contributed by atoms with Crippen molar-refractivity contribution in [1.82, 2.24) is 4.98 Å². The molecular formula is C9H9ClN2O4S2. The Kier molecular flexibility index (Phi) is 3.60. The fourth-order valence-corrected chi connectivity index (χ4v) is 3.81. The summed E-state index contributed by atoms with van der Waals surface area (Å²) < 4.78 is 27.0. The zero-order chi connectivity index (χ0) is 13.3. The number of nitrogens with one attached hydrogen (secondary N) is 1. The molecule has 6 nitrogen and oxygen atoms in total. The smallest absolute Gasteiger partial charge is 0.351 e. The minimum absolute atomic E-state index is 0.0300. The van der Waals surface area contributed by atoms with Gasteiger partial charge in [-0.1, -0.05) is 22.9 Å². The summed E-state index contributed by atoms with van der Waals surface area (Å²) in [7, 11) is -1.88. The zero-order valence-corrected chi connectivity index (χ0v) is 11.6. The van der Waals surface area contributed by atoms with E-state index in [1.165, 1.54) is 13.2 Å². The minimum atomic E-state index is -3.13. The van der Waals surface area contributed by atoms with E-state index in [1.54, 1.807) is 0 Å². The summed E-state index contributed by atoms with van der Waals surface area (Å²) in [5.41, 5.74) is 0. The number of carbonyl (C=O) groups excluding carboxylic acids is 1. The van der Waals surface area contributed by atoms with Gasteiger partial charge in [-0.2, -0.15) is 0 Å². The summed E-state index contributed by atoms with van der Waals surface area (Å²) in [6.07, 6.45) is 1.53. The number of hydrogen-bond acceptors (Lipinski definition) is 7. The molecule has 1 aliphatic heterocycles. The van der Waals surface area contributed by atoms with E-state index < -0.39 is 15.8 Å². The van der Waals surface area contributed by atoms with Crippen molar-refractivity contribution >= 4 is 43.9 Å². The third-order valence-electron chi connectivity index (χ3n) is 2.20. The molecule has 0 aromatic carbocycles. The van der Waals surface area contributed by atoms with E-state index >= 15 is 0 Å². The Morgan fingerprint density at radius 2 is 2.39 bits per heavy atom. The topological polar surface area (TPSA) is 85.4 Å². The number of hydrogen-bond donors (Lipinski definition) is 1. The average Bonchev–Trinajstić information content (AvgIpc) is 2.81. The Bertz CT molecular complexity index is 608. The Labute approximate surface area is 113 Å². The number of thiazole rings is 1. The summed E-state index contributed by atoms with van der Waals surface area (Å²) >= 11 is 6.80. The minimum Gasteiger partial charge on any atom is -0.465 e. The number of sulfone groups is 1. The highest BCUT2D eigenvalue weighted by atomic mass is 35.5. The lowest BCUT2D eigenvalue weighted by molar-refractivity contribution is 0.0606. The zero-order valence-electron chi connectivity index (χ0n) is 9.21. The molecule has 9 heteroatoms. The van der Waals surface area contributed by atoms with Crippen LogP contribution >= 0.6 is 22.9 Å². The van der Waals surface area contributed by atoms with Gasteiger partial charge < -0.3 is 10.1 Å². The maximum Gasteiger partial charge on any atom is 0.351 e. The van der Waals surface area contributed by atoms with Crippen LogP contribution in [-0.2, 0) is 14.6 Å². The maximum absolute atomic E-state index is 11.3. The molecule has 0 spiro atoms. The van der Waals surface area contributed by atoms with E-state index in [-0.39, 0.29) is 21.8 Å². The number of anilines is 1. The molecule has 0 radical (unpaired) electrons. The third kappa shape index (κ3) is 2.82. The number of aromatic nitrogens is 1. The van der Waals surface area contributed by atoms with Crippen molar-refractivity contribution in [1.29, 1.82) is 0 Å². The molecule has 18 heavy (non-hydrogen) atoms. The van der Waals surface area contributed by atoms with Gasteiger partial charge in [-0.25, -0.2) is 18.2 Å². The van der Waals surface area contributed by atoms with E-state index in [9.17, 15) is 13.2 Å². The van der Waals surface area contributed by atoms with Crippen molar-refractivity contribution in [3.8, 4) is 0 Å². The lowest BCUT2D eigenvalue weighted by atomic mass is 10.3. The first-order valence-electron chi connectivity index (χ1n) is 4.83. The summed E-state index contributed by atoms with van der Waals surface area (Å²) in [5.74, 6) is -0.599. The summed E-state index contributed by atoms with van der Waals surface area (Å²) in [5, 5.41) is 4.46. The highest BCUT2D eigenvalue weighted by Gasteiger charge is 2.24. The maximum atomic E-state index is 11.3. The number of esters is 1. The van der Waals surface area contributed by atoms with Crippen molar-refractivity contribution in [2.45, 2.75) is 6.04 Å². The Hall–Kier alpha value is -1.12. The summed E-state index contributed by atoms with van der Waals surface area (Å²) in [4.78, 5) is 15.4. The fourth-order valence-electron chi connectivity index (χ4n) is 1.41. The molecule has 0 fully saturated rings. The van der Waals surface area contributed by atoms with Crippen molar-refractivity contribution in [3.05, 3.63) is 21.5 Å². The molecule has 2 rings (SSSR count). The fraction of sp³-hybridized carbons (Fsp3) is 0.333. The van der Waals surface area contributed by atoms with Crippen LogP contribution in [0.3, 0.4) is 0 Å². The molecule has 0 amide bonds. The molecule has 1 aliphatic rings. The summed E-state index contributed by atoms with van der Waals surface area (Å²) in [6, 6.07) is -0.359. The average molecular weight is 309 g/mol. The summed E-state index contributed by atoms with van der Waals surface area (Å²) in [6.45, 7) is 0. The normalized spacial score (nSPS) is 20.9. The molecule has 1 unspecified atom stereocenters. The predicted octanol–water partition coefficient (Wildman–Crippen LogP) is 1.31. The van der Waals surface area contributed by atoms with Crippen LogP contribution in [0, 0.1) is 0 Å². The van der Waals surface area contributed by atoms with Crippen LogP contribution in [0.4, 0.5) is 5.13 Å². The molecule has 0 aliphatic carbocycles. The molecule has 1 atom stereocenters. The SMILES string of the molecule is COC(=O)c1sc(NC2C=CS(=O)(=O)C2)nc1Cl. The van der Waals surface area contributed by atoms with Gasteiger partial charge in [-0.05, 0) is 6.08 Å². The van der Waals surface area contributed by atoms with Crippen molar-refractivity contribution in [3.63, 3.8) is 0 Å². The standard InChI is InChI=1S/C9H9ClN2O4S2/c1-16-8(13)6-7(10)12-9(17-6)11-5-2-3-18(14,15)4-5/h2-3,5H,4H2,1H3,(H,11,12). The highest BCUT2D eigenvalue weighted by Crippen LogP contribution is 2.28. The second kappa shape index (κ2) is 4.87. The predicted molar refractivity (Wildman–Crippen MR) is 68.8 cm³/mol. The molecular weight excluding hydrogens is 300 g/mol. The monoisotopic (exact) mass is 308 g/mol. The number of carbonyl (C=O) groups is 1. The van der Waals surface area contributed by atoms with Gasteiger partial charge in [-0.3, -0.25) is 0 Å². The van der Waals surface area contributed by atoms with Gasteiger partial charge in [0.2, 0.25) is 0 Å². The van der Waals surface area contributed by atoms with E-state index in [1.807, 2.05) is 0 Å². The Morgan fingerprint density at radius 1 is 1.67 bits per heavy atom. The second-order valence-corrected chi connectivity index (χ2v) is 6.83. The molecule has 1 N–H and O–H groups in total. The number of ether oxygens (including phenoxy) is 1. The Balaban J connectivity index is 2.12. The first-order valence-corrected chi connectivity index (χ1v) is 7.74. The molecule has 2 heterocycles. The molecule has 0 bridgehead atoms.